The Morgan fingerprint density at radius 1 is 1.21 bits per heavy atom. The van der Waals surface area contributed by atoms with Crippen LogP contribution in [0.4, 0.5) is 0 Å². The Labute approximate surface area is 197 Å². The van der Waals surface area contributed by atoms with Gasteiger partial charge >= 0.3 is 16.1 Å². The average Bonchev–Trinajstić information content (AvgIpc) is 3.55. The first-order valence-electron chi connectivity index (χ1n) is 10.2. The van der Waals surface area contributed by atoms with E-state index >= 15 is 0 Å². The Hall–Kier alpha value is -3.98. The molecule has 0 heterocycles. The van der Waals surface area contributed by atoms with Crippen molar-refractivity contribution in [3.05, 3.63) is 53.6 Å². The van der Waals surface area contributed by atoms with E-state index in [-0.39, 0.29) is 34.2 Å². The summed E-state index contributed by atoms with van der Waals surface area (Å²) in [6.07, 6.45) is 1.68. The second-order valence-corrected chi connectivity index (χ2v) is 9.38. The Morgan fingerprint density at radius 2 is 1.91 bits per heavy atom. The summed E-state index contributed by atoms with van der Waals surface area (Å²) in [5, 5.41) is 12.8. The summed E-state index contributed by atoms with van der Waals surface area (Å²) in [4.78, 5) is 20.2. The number of nitriles is 1. The topological polar surface area (TPSA) is 162 Å². The molecular formula is C22H24N4O7S. The molecule has 0 unspecified atom stereocenters. The number of aryl methyl sites for hydroxylation is 1. The standard InChI is InChI=1S/C22H24N4O7S/c1-15-9-18(30-13-22(7-8-22)14-31-25-21(24)26-32-16(2)27)11-19(10-15)33-34(28,29)20-6-4-3-5-17(20)12-23/h3-6,9-11H,7-8,13-14H2,1-2H3,(H3,24,25,26). The van der Waals surface area contributed by atoms with E-state index in [0.717, 1.165) is 18.4 Å². The average molecular weight is 489 g/mol. The summed E-state index contributed by atoms with van der Waals surface area (Å²) in [6.45, 7) is 3.51. The van der Waals surface area contributed by atoms with Gasteiger partial charge in [-0.3, -0.25) is 4.79 Å². The molecule has 0 spiro atoms. The van der Waals surface area contributed by atoms with Crippen molar-refractivity contribution in [2.75, 3.05) is 13.2 Å². The molecule has 0 aromatic heterocycles. The van der Waals surface area contributed by atoms with Crippen molar-refractivity contribution in [3.8, 4) is 17.6 Å². The highest BCUT2D eigenvalue weighted by Gasteiger charge is 2.45. The number of hydroxylamine groups is 1. The first kappa shape index (κ1) is 24.7. The molecule has 11 nitrogen and oxygen atoms in total. The van der Waals surface area contributed by atoms with Gasteiger partial charge in [-0.05, 0) is 54.8 Å². The number of oxime groups is 1. The van der Waals surface area contributed by atoms with Crippen LogP contribution in [0, 0.1) is 23.7 Å². The molecule has 1 aliphatic carbocycles. The third-order valence-corrected chi connectivity index (χ3v) is 6.15. The number of carbonyl (C=O) groups excluding carboxylic acids is 1. The van der Waals surface area contributed by atoms with Crippen LogP contribution in [-0.4, -0.2) is 33.6 Å². The smallest absolute Gasteiger partial charge is 0.340 e. The summed E-state index contributed by atoms with van der Waals surface area (Å²) in [5.74, 6) is -0.289. The molecule has 3 rings (SSSR count). The molecule has 34 heavy (non-hydrogen) atoms. The normalized spacial score (nSPS) is 14.4. The van der Waals surface area contributed by atoms with Gasteiger partial charge in [0.05, 0.1) is 12.2 Å². The largest absolute Gasteiger partial charge is 0.493 e. The monoisotopic (exact) mass is 488 g/mol. The van der Waals surface area contributed by atoms with Gasteiger partial charge in [0.2, 0.25) is 0 Å². The van der Waals surface area contributed by atoms with Gasteiger partial charge in [0, 0.05) is 18.4 Å². The highest BCUT2D eigenvalue weighted by molar-refractivity contribution is 7.87. The van der Waals surface area contributed by atoms with Gasteiger partial charge < -0.3 is 24.3 Å². The number of nitrogens with two attached hydrogens (primary N) is 1. The third kappa shape index (κ3) is 6.76. The number of rotatable bonds is 9. The zero-order chi connectivity index (χ0) is 24.8. The first-order chi connectivity index (χ1) is 16.1. The molecule has 2 aromatic rings. The molecule has 0 saturated heterocycles. The minimum atomic E-state index is -4.21. The molecule has 1 aliphatic rings. The van der Waals surface area contributed by atoms with E-state index in [1.54, 1.807) is 25.1 Å². The zero-order valence-corrected chi connectivity index (χ0v) is 19.4. The molecule has 12 heteroatoms. The van der Waals surface area contributed by atoms with E-state index in [4.69, 9.17) is 19.5 Å². The zero-order valence-electron chi connectivity index (χ0n) is 18.6. The molecular weight excluding hydrogens is 464 g/mol. The summed E-state index contributed by atoms with van der Waals surface area (Å²) >= 11 is 0. The highest BCUT2D eigenvalue weighted by Crippen LogP contribution is 2.46. The van der Waals surface area contributed by atoms with E-state index < -0.39 is 16.1 Å². The second-order valence-electron chi connectivity index (χ2n) is 7.86. The second kappa shape index (κ2) is 10.3. The Bertz CT molecular complexity index is 1230. The molecule has 0 amide bonds. The lowest BCUT2D eigenvalue weighted by Gasteiger charge is -2.16. The molecule has 1 saturated carbocycles. The lowest BCUT2D eigenvalue weighted by atomic mass is 10.1. The van der Waals surface area contributed by atoms with Gasteiger partial charge in [-0.1, -0.05) is 12.1 Å². The number of hydrogen-bond donors (Lipinski definition) is 2. The minimum absolute atomic E-state index is 0.00588. The minimum Gasteiger partial charge on any atom is -0.493 e. The molecule has 3 N–H and O–H groups in total. The molecule has 0 aliphatic heterocycles. The van der Waals surface area contributed by atoms with Crippen LogP contribution in [0.5, 0.6) is 11.5 Å². The summed E-state index contributed by atoms with van der Waals surface area (Å²) in [6, 6.07) is 12.4. The van der Waals surface area contributed by atoms with Crippen molar-refractivity contribution in [3.63, 3.8) is 0 Å². The summed E-state index contributed by atoms with van der Waals surface area (Å²) < 4.78 is 36.6. The number of nitrogens with zero attached hydrogens (tertiary/aromatic N) is 2. The van der Waals surface area contributed by atoms with Gasteiger partial charge in [0.1, 0.15) is 29.1 Å². The SMILES string of the molecule is CC(=O)ONC(N)=NOCC1(COc2cc(C)cc(OS(=O)(=O)c3ccccc3C#N)c2)CC1. The van der Waals surface area contributed by atoms with Crippen LogP contribution in [0.2, 0.25) is 0 Å². The fourth-order valence-corrected chi connectivity index (χ4v) is 3.99. The van der Waals surface area contributed by atoms with E-state index in [9.17, 15) is 18.5 Å². The van der Waals surface area contributed by atoms with Gasteiger partial charge in [-0.2, -0.15) is 19.2 Å². The molecule has 2 aromatic carbocycles. The predicted molar refractivity (Wildman–Crippen MR) is 120 cm³/mol. The van der Waals surface area contributed by atoms with Crippen molar-refractivity contribution in [1.29, 1.82) is 5.26 Å². The van der Waals surface area contributed by atoms with Crippen LogP contribution in [0.15, 0.2) is 52.5 Å². The van der Waals surface area contributed by atoms with Crippen molar-refractivity contribution in [1.82, 2.24) is 5.48 Å². The maximum Gasteiger partial charge on any atom is 0.340 e. The van der Waals surface area contributed by atoms with Gasteiger partial charge in [0.15, 0.2) is 0 Å². The van der Waals surface area contributed by atoms with Crippen molar-refractivity contribution in [2.24, 2.45) is 16.3 Å². The number of nitrogens with one attached hydrogen (secondary N) is 1. The maximum atomic E-state index is 12.7. The predicted octanol–water partition coefficient (Wildman–Crippen LogP) is 2.11. The lowest BCUT2D eigenvalue weighted by Crippen LogP contribution is -2.33. The van der Waals surface area contributed by atoms with E-state index in [2.05, 4.69) is 15.5 Å². The molecule has 180 valence electrons. The highest BCUT2D eigenvalue weighted by atomic mass is 32.2. The van der Waals surface area contributed by atoms with Gasteiger partial charge in [-0.15, -0.1) is 0 Å². The Kier molecular flexibility index (Phi) is 7.47. The van der Waals surface area contributed by atoms with Crippen LogP contribution in [0.25, 0.3) is 0 Å². The summed E-state index contributed by atoms with van der Waals surface area (Å²) in [5.41, 5.74) is 8.10. The maximum absolute atomic E-state index is 12.7. The van der Waals surface area contributed by atoms with E-state index in [1.165, 1.54) is 31.2 Å². The Morgan fingerprint density at radius 3 is 2.59 bits per heavy atom. The van der Waals surface area contributed by atoms with Crippen LogP contribution in [-0.2, 0) is 24.6 Å². The van der Waals surface area contributed by atoms with Crippen LogP contribution >= 0.6 is 0 Å². The first-order valence-corrected chi connectivity index (χ1v) is 11.6. The molecule has 0 atom stereocenters. The van der Waals surface area contributed by atoms with E-state index in [0.29, 0.717) is 12.4 Å². The fourth-order valence-electron chi connectivity index (χ4n) is 2.92. The number of ether oxygens (including phenoxy) is 1. The van der Waals surface area contributed by atoms with Crippen molar-refractivity contribution >= 4 is 22.0 Å². The van der Waals surface area contributed by atoms with Crippen LogP contribution < -0.4 is 20.1 Å². The molecule has 0 radical (unpaired) electrons. The third-order valence-electron chi connectivity index (χ3n) is 4.84. The van der Waals surface area contributed by atoms with Gasteiger partial charge in [-0.25, -0.2) is 0 Å². The lowest BCUT2D eigenvalue weighted by molar-refractivity contribution is -0.145. The molecule has 1 fully saturated rings. The Balaban J connectivity index is 1.62. The number of hydrogen-bond acceptors (Lipinski definition) is 9. The summed E-state index contributed by atoms with van der Waals surface area (Å²) in [7, 11) is -4.21. The van der Waals surface area contributed by atoms with Crippen molar-refractivity contribution in [2.45, 2.75) is 31.6 Å². The molecule has 0 bridgehead atoms. The quantitative estimate of drug-likeness (QED) is 0.231. The van der Waals surface area contributed by atoms with Crippen LogP contribution in [0.3, 0.4) is 0 Å². The van der Waals surface area contributed by atoms with E-state index in [1.807, 2.05) is 6.07 Å². The van der Waals surface area contributed by atoms with Crippen LogP contribution in [0.1, 0.15) is 30.9 Å². The number of carbonyl (C=O) groups is 1. The van der Waals surface area contributed by atoms with Crippen molar-refractivity contribution < 1.29 is 31.8 Å². The number of guanidine groups is 1. The fraction of sp³-hybridized carbons (Fsp3) is 0.318. The number of benzene rings is 2. The van der Waals surface area contributed by atoms with Gasteiger partial charge in [0.25, 0.3) is 5.96 Å².